The molecule has 3 nitrogen and oxygen atoms in total. The fourth-order valence-corrected chi connectivity index (χ4v) is 2.84. The quantitative estimate of drug-likeness (QED) is 0.726. The maximum Gasteiger partial charge on any atom is 0.222 e. The number of benzene rings is 2. The predicted octanol–water partition coefficient (Wildman–Crippen LogP) is 4.95. The minimum Gasteiger partial charge on any atom is -0.357 e. The number of rotatable bonds is 2. The molecular formula is C16H13Cl2N3. The third-order valence-corrected chi connectivity index (χ3v) is 3.82. The molecule has 2 aromatic carbocycles. The summed E-state index contributed by atoms with van der Waals surface area (Å²) in [6.07, 6.45) is 1.81. The molecule has 0 spiro atoms. The van der Waals surface area contributed by atoms with Gasteiger partial charge in [0.25, 0.3) is 0 Å². The van der Waals surface area contributed by atoms with E-state index in [0.29, 0.717) is 16.0 Å². The fraction of sp³-hybridized carbons (Fsp3) is 0.125. The van der Waals surface area contributed by atoms with Gasteiger partial charge in [0.05, 0.1) is 5.52 Å². The second-order valence-corrected chi connectivity index (χ2v) is 5.66. The van der Waals surface area contributed by atoms with Gasteiger partial charge in [-0.25, -0.2) is 9.97 Å². The molecule has 0 aliphatic carbocycles. The van der Waals surface area contributed by atoms with Crippen molar-refractivity contribution in [3.8, 4) is 11.1 Å². The zero-order valence-corrected chi connectivity index (χ0v) is 13.1. The number of aromatic nitrogens is 2. The van der Waals surface area contributed by atoms with Crippen LogP contribution in [0.15, 0.2) is 36.5 Å². The van der Waals surface area contributed by atoms with Crippen molar-refractivity contribution in [2.75, 3.05) is 12.4 Å². The Bertz CT molecular complexity index is 831. The number of nitrogens with zero attached hydrogens (tertiary/aromatic N) is 2. The summed E-state index contributed by atoms with van der Waals surface area (Å²) in [5.41, 5.74) is 3.88. The van der Waals surface area contributed by atoms with Crippen LogP contribution in [0.1, 0.15) is 5.56 Å². The van der Waals surface area contributed by atoms with E-state index in [2.05, 4.69) is 27.4 Å². The van der Waals surface area contributed by atoms with Crippen molar-refractivity contribution in [3.05, 3.63) is 52.1 Å². The van der Waals surface area contributed by atoms with Crippen molar-refractivity contribution in [2.45, 2.75) is 6.92 Å². The average molecular weight is 318 g/mol. The Morgan fingerprint density at radius 1 is 1.05 bits per heavy atom. The Morgan fingerprint density at radius 3 is 2.57 bits per heavy atom. The van der Waals surface area contributed by atoms with Gasteiger partial charge in [-0.15, -0.1) is 0 Å². The lowest BCUT2D eigenvalue weighted by Crippen LogP contribution is -1.97. The van der Waals surface area contributed by atoms with Crippen molar-refractivity contribution >= 4 is 40.1 Å². The van der Waals surface area contributed by atoms with Gasteiger partial charge < -0.3 is 5.32 Å². The lowest BCUT2D eigenvalue weighted by atomic mass is 10.00. The summed E-state index contributed by atoms with van der Waals surface area (Å²) in [7, 11) is 1.80. The van der Waals surface area contributed by atoms with E-state index in [1.165, 1.54) is 0 Å². The molecular weight excluding hydrogens is 305 g/mol. The molecule has 0 atom stereocenters. The predicted molar refractivity (Wildman–Crippen MR) is 89.3 cm³/mol. The third kappa shape index (κ3) is 2.67. The van der Waals surface area contributed by atoms with Crippen LogP contribution < -0.4 is 5.32 Å². The molecule has 1 aromatic heterocycles. The summed E-state index contributed by atoms with van der Waals surface area (Å²) in [5.74, 6) is 0.581. The molecule has 3 rings (SSSR count). The van der Waals surface area contributed by atoms with Crippen molar-refractivity contribution < 1.29 is 0 Å². The number of halogens is 2. The normalized spacial score (nSPS) is 10.9. The van der Waals surface area contributed by atoms with Crippen LogP contribution in [0.3, 0.4) is 0 Å². The van der Waals surface area contributed by atoms with E-state index < -0.39 is 0 Å². The SMILES string of the molecule is CNc1ncc2cc(C)cc(-c3ccc(Cl)cc3Cl)c2n1. The first-order valence-corrected chi connectivity index (χ1v) is 7.24. The number of hydrogen-bond acceptors (Lipinski definition) is 3. The van der Waals surface area contributed by atoms with Crippen LogP contribution >= 0.6 is 23.2 Å². The summed E-state index contributed by atoms with van der Waals surface area (Å²) in [4.78, 5) is 8.82. The highest BCUT2D eigenvalue weighted by Gasteiger charge is 2.11. The number of anilines is 1. The van der Waals surface area contributed by atoms with Crippen LogP contribution in [0.25, 0.3) is 22.0 Å². The molecule has 0 aliphatic rings. The number of hydrogen-bond donors (Lipinski definition) is 1. The highest BCUT2D eigenvalue weighted by Crippen LogP contribution is 2.35. The molecule has 0 radical (unpaired) electrons. The highest BCUT2D eigenvalue weighted by molar-refractivity contribution is 6.36. The van der Waals surface area contributed by atoms with Crippen molar-refractivity contribution in [3.63, 3.8) is 0 Å². The van der Waals surface area contributed by atoms with Crippen LogP contribution in [-0.2, 0) is 0 Å². The monoisotopic (exact) mass is 317 g/mol. The standard InChI is InChI=1S/C16H13Cl2N3/c1-9-5-10-8-20-16(19-2)21-15(10)13(6-9)12-4-3-11(17)7-14(12)18/h3-8H,1-2H3,(H,19,20,21). The lowest BCUT2D eigenvalue weighted by Gasteiger charge is -2.11. The molecule has 0 amide bonds. The molecule has 0 fully saturated rings. The average Bonchev–Trinajstić information content (AvgIpc) is 2.46. The summed E-state index contributed by atoms with van der Waals surface area (Å²) >= 11 is 12.3. The van der Waals surface area contributed by atoms with E-state index in [0.717, 1.165) is 27.6 Å². The topological polar surface area (TPSA) is 37.8 Å². The first-order valence-electron chi connectivity index (χ1n) is 6.49. The van der Waals surface area contributed by atoms with Gasteiger partial charge in [-0.3, -0.25) is 0 Å². The smallest absolute Gasteiger partial charge is 0.222 e. The maximum atomic E-state index is 6.35. The second kappa shape index (κ2) is 5.51. The number of fused-ring (bicyclic) bond motifs is 1. The van der Waals surface area contributed by atoms with Gasteiger partial charge >= 0.3 is 0 Å². The molecule has 5 heteroatoms. The molecule has 1 N–H and O–H groups in total. The van der Waals surface area contributed by atoms with Crippen LogP contribution in [0.5, 0.6) is 0 Å². The van der Waals surface area contributed by atoms with Crippen molar-refractivity contribution in [1.82, 2.24) is 9.97 Å². The van der Waals surface area contributed by atoms with Gasteiger partial charge in [-0.2, -0.15) is 0 Å². The van der Waals surface area contributed by atoms with Gasteiger partial charge in [-0.1, -0.05) is 29.3 Å². The lowest BCUT2D eigenvalue weighted by molar-refractivity contribution is 1.19. The molecule has 1 heterocycles. The van der Waals surface area contributed by atoms with Gasteiger partial charge in [0.1, 0.15) is 0 Å². The van der Waals surface area contributed by atoms with E-state index in [1.54, 1.807) is 13.1 Å². The molecule has 0 saturated carbocycles. The van der Waals surface area contributed by atoms with Crippen LogP contribution in [0, 0.1) is 6.92 Å². The van der Waals surface area contributed by atoms with E-state index in [-0.39, 0.29) is 0 Å². The van der Waals surface area contributed by atoms with Gasteiger partial charge in [0, 0.05) is 39.8 Å². The van der Waals surface area contributed by atoms with E-state index in [4.69, 9.17) is 23.2 Å². The molecule has 3 aromatic rings. The largest absolute Gasteiger partial charge is 0.357 e. The van der Waals surface area contributed by atoms with Crippen LogP contribution in [-0.4, -0.2) is 17.0 Å². The number of nitrogens with one attached hydrogen (secondary N) is 1. The van der Waals surface area contributed by atoms with Gasteiger partial charge in [0.15, 0.2) is 0 Å². The van der Waals surface area contributed by atoms with Gasteiger partial charge in [0.2, 0.25) is 5.95 Å². The molecule has 106 valence electrons. The van der Waals surface area contributed by atoms with Gasteiger partial charge in [-0.05, 0) is 36.8 Å². The zero-order chi connectivity index (χ0) is 15.0. The third-order valence-electron chi connectivity index (χ3n) is 3.27. The summed E-state index contributed by atoms with van der Waals surface area (Å²) in [6, 6.07) is 9.62. The Hall–Kier alpha value is -1.84. The Kier molecular flexibility index (Phi) is 3.70. The van der Waals surface area contributed by atoms with Crippen molar-refractivity contribution in [2.24, 2.45) is 0 Å². The summed E-state index contributed by atoms with van der Waals surface area (Å²) < 4.78 is 0. The molecule has 21 heavy (non-hydrogen) atoms. The number of aryl methyl sites for hydroxylation is 1. The first kappa shape index (κ1) is 14.1. The first-order chi connectivity index (χ1) is 10.1. The minimum atomic E-state index is 0.581. The maximum absolute atomic E-state index is 6.35. The zero-order valence-electron chi connectivity index (χ0n) is 11.6. The second-order valence-electron chi connectivity index (χ2n) is 4.82. The fourth-order valence-electron chi connectivity index (χ4n) is 2.33. The van der Waals surface area contributed by atoms with Crippen LogP contribution in [0.4, 0.5) is 5.95 Å². The van der Waals surface area contributed by atoms with E-state index >= 15 is 0 Å². The van der Waals surface area contributed by atoms with Crippen LogP contribution in [0.2, 0.25) is 10.0 Å². The van der Waals surface area contributed by atoms with E-state index in [9.17, 15) is 0 Å². The Labute approximate surface area is 132 Å². The highest BCUT2D eigenvalue weighted by atomic mass is 35.5. The summed E-state index contributed by atoms with van der Waals surface area (Å²) in [6.45, 7) is 2.04. The van der Waals surface area contributed by atoms with E-state index in [1.807, 2.05) is 25.3 Å². The Morgan fingerprint density at radius 2 is 1.86 bits per heavy atom. The summed E-state index contributed by atoms with van der Waals surface area (Å²) in [5, 5.41) is 5.17. The Balaban J connectivity index is 2.34. The van der Waals surface area contributed by atoms with Crippen molar-refractivity contribution in [1.29, 1.82) is 0 Å². The molecule has 0 bridgehead atoms. The molecule has 0 aliphatic heterocycles. The molecule has 0 saturated heterocycles. The minimum absolute atomic E-state index is 0.581. The molecule has 0 unspecified atom stereocenters.